The van der Waals surface area contributed by atoms with Gasteiger partial charge in [0.05, 0.1) is 12.0 Å². The Morgan fingerprint density at radius 2 is 1.90 bits per heavy atom. The minimum Gasteiger partial charge on any atom is -0.487 e. The molecule has 0 unspecified atom stereocenters. The second-order valence-corrected chi connectivity index (χ2v) is 7.37. The van der Waals surface area contributed by atoms with Crippen LogP contribution in [0.4, 0.5) is 5.95 Å². The van der Waals surface area contributed by atoms with Crippen molar-refractivity contribution < 1.29 is 9.53 Å². The van der Waals surface area contributed by atoms with Crippen LogP contribution in [0.15, 0.2) is 40.2 Å². The van der Waals surface area contributed by atoms with Gasteiger partial charge in [0.15, 0.2) is 11.2 Å². The number of anilines is 1. The number of aryl methyl sites for hydroxylation is 1. The molecule has 0 radical (unpaired) electrons. The second kappa shape index (κ2) is 6.69. The Kier molecular flexibility index (Phi) is 4.07. The summed E-state index contributed by atoms with van der Waals surface area (Å²) >= 11 is 0. The van der Waals surface area contributed by atoms with E-state index < -0.39 is 11.2 Å². The number of nitrogens with zero attached hydrogens (tertiary/aromatic N) is 6. The van der Waals surface area contributed by atoms with Gasteiger partial charge in [-0.25, -0.2) is 14.8 Å². The fraction of sp³-hybridized carbons (Fsp3) is 0.250. The van der Waals surface area contributed by atoms with Crippen LogP contribution in [0.1, 0.15) is 5.69 Å². The molecular weight excluding hydrogens is 402 g/mol. The summed E-state index contributed by atoms with van der Waals surface area (Å²) in [6.07, 6.45) is 1.37. The van der Waals surface area contributed by atoms with Gasteiger partial charge < -0.3 is 13.9 Å². The van der Waals surface area contributed by atoms with E-state index in [-0.39, 0.29) is 23.6 Å². The summed E-state index contributed by atoms with van der Waals surface area (Å²) in [5.74, 6) is 0.743. The highest BCUT2D eigenvalue weighted by Crippen LogP contribution is 2.37. The van der Waals surface area contributed by atoms with Gasteiger partial charge in [-0.1, -0.05) is 12.1 Å². The number of aromatic nitrogens is 6. The van der Waals surface area contributed by atoms with Crippen molar-refractivity contribution in [3.05, 3.63) is 57.1 Å². The molecule has 1 amide bonds. The summed E-state index contributed by atoms with van der Waals surface area (Å²) in [6.45, 7) is 0.191. The van der Waals surface area contributed by atoms with Gasteiger partial charge in [0, 0.05) is 26.7 Å². The number of hydrogen-bond donors (Lipinski definition) is 1. The van der Waals surface area contributed by atoms with Crippen molar-refractivity contribution in [3.63, 3.8) is 0 Å². The highest BCUT2D eigenvalue weighted by Gasteiger charge is 2.25. The van der Waals surface area contributed by atoms with Gasteiger partial charge in [0.25, 0.3) is 5.56 Å². The molecule has 1 aromatic carbocycles. The first-order valence-corrected chi connectivity index (χ1v) is 9.55. The standard InChI is InChI=1S/C20H19N7O4/c1-24-12-9-31-13-7-5-4-6-11(13)15(12)23-19(24)22-14(28)8-27-10-21-17-16(27)18(29)26(3)20(30)25(17)2/h4-7,10H,8-9H2,1-3H3,(H,22,23,28). The van der Waals surface area contributed by atoms with Crippen molar-refractivity contribution in [2.45, 2.75) is 13.2 Å². The highest BCUT2D eigenvalue weighted by atomic mass is 16.5. The number of benzene rings is 1. The Bertz CT molecular complexity index is 1490. The average Bonchev–Trinajstić information content (AvgIpc) is 3.32. The maximum Gasteiger partial charge on any atom is 0.332 e. The molecule has 0 atom stereocenters. The van der Waals surface area contributed by atoms with Crippen LogP contribution < -0.4 is 21.3 Å². The van der Waals surface area contributed by atoms with Crippen LogP contribution in [-0.2, 0) is 39.1 Å². The highest BCUT2D eigenvalue weighted by molar-refractivity contribution is 5.90. The lowest BCUT2D eigenvalue weighted by Crippen LogP contribution is -2.37. The zero-order valence-electron chi connectivity index (χ0n) is 17.1. The number of carbonyl (C=O) groups excluding carboxylic acids is 1. The molecule has 0 saturated carbocycles. The fourth-order valence-corrected chi connectivity index (χ4v) is 3.79. The van der Waals surface area contributed by atoms with E-state index in [4.69, 9.17) is 4.74 Å². The molecule has 4 aromatic rings. The first kappa shape index (κ1) is 18.9. The Hall–Kier alpha value is -4.15. The second-order valence-electron chi connectivity index (χ2n) is 7.37. The van der Waals surface area contributed by atoms with E-state index in [9.17, 15) is 14.4 Å². The molecule has 4 heterocycles. The third-order valence-corrected chi connectivity index (χ3v) is 5.50. The first-order chi connectivity index (χ1) is 14.9. The molecule has 158 valence electrons. The molecule has 3 aromatic heterocycles. The minimum atomic E-state index is -0.510. The first-order valence-electron chi connectivity index (χ1n) is 9.55. The monoisotopic (exact) mass is 421 g/mol. The van der Waals surface area contributed by atoms with Crippen molar-refractivity contribution in [1.82, 2.24) is 28.2 Å². The zero-order chi connectivity index (χ0) is 21.9. The Balaban J connectivity index is 1.46. The van der Waals surface area contributed by atoms with E-state index in [0.717, 1.165) is 27.3 Å². The number of nitrogens with one attached hydrogen (secondary N) is 1. The maximum absolute atomic E-state index is 12.8. The summed E-state index contributed by atoms with van der Waals surface area (Å²) in [7, 11) is 4.72. The summed E-state index contributed by atoms with van der Waals surface area (Å²) in [4.78, 5) is 46.1. The van der Waals surface area contributed by atoms with E-state index in [1.807, 2.05) is 24.3 Å². The molecule has 5 rings (SSSR count). The Labute approximate surface area is 175 Å². The van der Waals surface area contributed by atoms with Crippen molar-refractivity contribution in [2.24, 2.45) is 21.1 Å². The number of carbonyl (C=O) groups is 1. The van der Waals surface area contributed by atoms with E-state index in [1.165, 1.54) is 29.6 Å². The van der Waals surface area contributed by atoms with Gasteiger partial charge in [-0.15, -0.1) is 0 Å². The number of rotatable bonds is 3. The van der Waals surface area contributed by atoms with Gasteiger partial charge in [-0.2, -0.15) is 0 Å². The van der Waals surface area contributed by atoms with E-state index >= 15 is 0 Å². The van der Waals surface area contributed by atoms with Crippen LogP contribution in [0.5, 0.6) is 5.75 Å². The smallest absolute Gasteiger partial charge is 0.332 e. The van der Waals surface area contributed by atoms with Crippen molar-refractivity contribution >= 4 is 23.0 Å². The summed E-state index contributed by atoms with van der Waals surface area (Å²) in [5, 5.41) is 2.79. The van der Waals surface area contributed by atoms with Gasteiger partial charge in [0.1, 0.15) is 24.6 Å². The average molecular weight is 421 g/mol. The predicted octanol–water partition coefficient (Wildman–Crippen LogP) is 0.365. The molecule has 11 heteroatoms. The summed E-state index contributed by atoms with van der Waals surface area (Å²) in [6, 6.07) is 7.60. The van der Waals surface area contributed by atoms with Crippen LogP contribution in [0, 0.1) is 0 Å². The van der Waals surface area contributed by atoms with E-state index in [0.29, 0.717) is 12.6 Å². The molecular formula is C20H19N7O4. The number of fused-ring (bicyclic) bond motifs is 4. The van der Waals surface area contributed by atoms with Crippen molar-refractivity contribution in [2.75, 3.05) is 5.32 Å². The number of amides is 1. The lowest BCUT2D eigenvalue weighted by molar-refractivity contribution is -0.116. The molecule has 1 N–H and O–H groups in total. The normalized spacial score (nSPS) is 12.4. The summed E-state index contributed by atoms with van der Waals surface area (Å²) < 4.78 is 11.2. The van der Waals surface area contributed by atoms with E-state index in [2.05, 4.69) is 15.3 Å². The van der Waals surface area contributed by atoms with Gasteiger partial charge in [-0.05, 0) is 12.1 Å². The fourth-order valence-electron chi connectivity index (χ4n) is 3.79. The maximum atomic E-state index is 12.8. The molecule has 1 aliphatic rings. The topological polar surface area (TPSA) is 118 Å². The molecule has 0 fully saturated rings. The van der Waals surface area contributed by atoms with Crippen LogP contribution in [0.3, 0.4) is 0 Å². The van der Waals surface area contributed by atoms with Crippen molar-refractivity contribution in [1.29, 1.82) is 0 Å². The molecule has 31 heavy (non-hydrogen) atoms. The lowest BCUT2D eigenvalue weighted by atomic mass is 10.1. The number of hydrogen-bond acceptors (Lipinski definition) is 6. The van der Waals surface area contributed by atoms with Crippen LogP contribution >= 0.6 is 0 Å². The molecule has 0 saturated heterocycles. The van der Waals surface area contributed by atoms with Crippen LogP contribution in [-0.4, -0.2) is 34.1 Å². The molecule has 11 nitrogen and oxygen atoms in total. The number of imidazole rings is 2. The lowest BCUT2D eigenvalue weighted by Gasteiger charge is -2.17. The minimum absolute atomic E-state index is 0.158. The SMILES string of the molecule is Cn1c(NC(=O)Cn2cnc3c2c(=O)n(C)c(=O)n3C)nc2c1COc1ccccc1-2. The predicted molar refractivity (Wildman–Crippen MR) is 112 cm³/mol. The van der Waals surface area contributed by atoms with Gasteiger partial charge in [0.2, 0.25) is 11.9 Å². The van der Waals surface area contributed by atoms with Crippen molar-refractivity contribution in [3.8, 4) is 17.0 Å². The Morgan fingerprint density at radius 1 is 1.13 bits per heavy atom. The van der Waals surface area contributed by atoms with Crippen LogP contribution in [0.2, 0.25) is 0 Å². The zero-order valence-corrected chi connectivity index (χ0v) is 17.1. The molecule has 0 bridgehead atoms. The molecule has 1 aliphatic heterocycles. The number of ether oxygens (including phenoxy) is 1. The Morgan fingerprint density at radius 3 is 2.71 bits per heavy atom. The largest absolute Gasteiger partial charge is 0.487 e. The summed E-state index contributed by atoms with van der Waals surface area (Å²) in [5.41, 5.74) is 1.90. The van der Waals surface area contributed by atoms with Gasteiger partial charge in [-0.3, -0.25) is 24.0 Å². The molecule has 0 aliphatic carbocycles. The number of para-hydroxylation sites is 1. The van der Waals surface area contributed by atoms with Crippen LogP contribution in [0.25, 0.3) is 22.4 Å². The third-order valence-electron chi connectivity index (χ3n) is 5.50. The third kappa shape index (κ3) is 2.77. The quantitative estimate of drug-likeness (QED) is 0.511. The van der Waals surface area contributed by atoms with Gasteiger partial charge >= 0.3 is 5.69 Å². The van der Waals surface area contributed by atoms with E-state index in [1.54, 1.807) is 11.6 Å². The molecule has 0 spiro atoms.